The lowest BCUT2D eigenvalue weighted by atomic mass is 10.3. The predicted octanol–water partition coefficient (Wildman–Crippen LogP) is 1.45. The number of carbonyl (C=O) groups excluding carboxylic acids is 1. The minimum atomic E-state index is -0.412. The van der Waals surface area contributed by atoms with Crippen LogP contribution in [0.25, 0.3) is 11.0 Å². The number of rotatable bonds is 3. The van der Waals surface area contributed by atoms with Crippen molar-refractivity contribution in [3.05, 3.63) is 17.6 Å². The number of hydrogen-bond donors (Lipinski definition) is 1. The first-order valence-corrected chi connectivity index (χ1v) is 5.24. The largest absolute Gasteiger partial charge is 0.480 e. The summed E-state index contributed by atoms with van der Waals surface area (Å²) in [6.45, 7) is 3.84. The van der Waals surface area contributed by atoms with E-state index in [1.165, 1.54) is 7.11 Å². The number of H-pyrrole nitrogens is 1. The molecule has 2 aromatic heterocycles. The van der Waals surface area contributed by atoms with E-state index in [2.05, 4.69) is 15.0 Å². The van der Waals surface area contributed by atoms with Gasteiger partial charge < -0.3 is 14.5 Å². The Morgan fingerprint density at radius 2 is 2.24 bits per heavy atom. The molecule has 0 amide bonds. The molecule has 90 valence electrons. The molecule has 0 aliphatic rings. The minimum Gasteiger partial charge on any atom is -0.480 e. The summed E-state index contributed by atoms with van der Waals surface area (Å²) in [5.74, 6) is 0.608. The number of ether oxygens (including phenoxy) is 2. The lowest BCUT2D eigenvalue weighted by Crippen LogP contribution is -2.04. The van der Waals surface area contributed by atoms with E-state index in [-0.39, 0.29) is 0 Å². The molecule has 1 N–H and O–H groups in total. The van der Waals surface area contributed by atoms with E-state index in [1.807, 2.05) is 0 Å². The average molecular weight is 235 g/mol. The van der Waals surface area contributed by atoms with Gasteiger partial charge in [0.25, 0.3) is 0 Å². The average Bonchev–Trinajstić information content (AvgIpc) is 2.71. The third-order valence-electron chi connectivity index (χ3n) is 2.25. The summed E-state index contributed by atoms with van der Waals surface area (Å²) < 4.78 is 10.0. The van der Waals surface area contributed by atoms with Crippen LogP contribution >= 0.6 is 0 Å². The molecule has 2 heterocycles. The Bertz CT molecular complexity index is 562. The molecular weight excluding hydrogens is 222 g/mol. The van der Waals surface area contributed by atoms with Gasteiger partial charge in [-0.3, -0.25) is 0 Å². The fourth-order valence-electron chi connectivity index (χ4n) is 1.56. The van der Waals surface area contributed by atoms with Crippen LogP contribution in [0.5, 0.6) is 5.88 Å². The molecule has 2 rings (SSSR count). The second-order valence-corrected chi connectivity index (χ2v) is 3.45. The molecule has 0 atom stereocenters. The van der Waals surface area contributed by atoms with E-state index in [9.17, 15) is 4.79 Å². The van der Waals surface area contributed by atoms with Gasteiger partial charge in [0.15, 0.2) is 0 Å². The van der Waals surface area contributed by atoms with Crippen LogP contribution in [0.2, 0.25) is 0 Å². The Morgan fingerprint density at radius 3 is 2.88 bits per heavy atom. The Balaban J connectivity index is 2.53. The van der Waals surface area contributed by atoms with E-state index < -0.39 is 5.97 Å². The summed E-state index contributed by atoms with van der Waals surface area (Å²) in [5, 5.41) is 0.668. The predicted molar refractivity (Wildman–Crippen MR) is 61.1 cm³/mol. The Hall–Kier alpha value is -2.11. The van der Waals surface area contributed by atoms with Gasteiger partial charge in [-0.25, -0.2) is 9.78 Å². The summed E-state index contributed by atoms with van der Waals surface area (Å²) in [6.07, 6.45) is 0. The van der Waals surface area contributed by atoms with Gasteiger partial charge in [-0.2, -0.15) is 4.98 Å². The van der Waals surface area contributed by atoms with Crippen molar-refractivity contribution in [2.24, 2.45) is 0 Å². The highest BCUT2D eigenvalue weighted by Gasteiger charge is 2.15. The van der Waals surface area contributed by atoms with Gasteiger partial charge in [-0.1, -0.05) is 0 Å². The van der Waals surface area contributed by atoms with Crippen LogP contribution < -0.4 is 4.74 Å². The zero-order valence-electron chi connectivity index (χ0n) is 9.90. The number of nitrogens with one attached hydrogen (secondary N) is 1. The standard InChI is InChI=1S/C11H13N3O3/c1-4-17-11(15)8-5-7-9(14-8)12-6(2)13-10(7)16-3/h5H,4H2,1-3H3,(H,12,13,14). The highest BCUT2D eigenvalue weighted by atomic mass is 16.5. The van der Waals surface area contributed by atoms with Crippen LogP contribution in [0.15, 0.2) is 6.07 Å². The van der Waals surface area contributed by atoms with Crippen molar-refractivity contribution in [1.82, 2.24) is 15.0 Å². The van der Waals surface area contributed by atoms with E-state index in [1.54, 1.807) is 19.9 Å². The summed E-state index contributed by atoms with van der Waals surface area (Å²) in [7, 11) is 1.53. The number of esters is 1. The molecule has 17 heavy (non-hydrogen) atoms. The van der Waals surface area contributed by atoms with Crippen molar-refractivity contribution in [2.75, 3.05) is 13.7 Å². The molecule has 0 spiro atoms. The molecular formula is C11H13N3O3. The van der Waals surface area contributed by atoms with Crippen LogP contribution in [0.3, 0.4) is 0 Å². The number of aromatic nitrogens is 3. The van der Waals surface area contributed by atoms with E-state index in [0.29, 0.717) is 35.0 Å². The van der Waals surface area contributed by atoms with Gasteiger partial charge in [0.05, 0.1) is 19.1 Å². The number of nitrogens with zero attached hydrogens (tertiary/aromatic N) is 2. The lowest BCUT2D eigenvalue weighted by Gasteiger charge is -2.00. The molecule has 6 heteroatoms. The first kappa shape index (κ1) is 11.4. The van der Waals surface area contributed by atoms with Crippen molar-refractivity contribution in [3.8, 4) is 5.88 Å². The van der Waals surface area contributed by atoms with Crippen molar-refractivity contribution >= 4 is 17.0 Å². The molecule has 2 aromatic rings. The topological polar surface area (TPSA) is 77.1 Å². The summed E-state index contributed by atoms with van der Waals surface area (Å²) in [4.78, 5) is 22.8. The van der Waals surface area contributed by atoms with E-state index >= 15 is 0 Å². The zero-order valence-corrected chi connectivity index (χ0v) is 9.90. The number of aromatic amines is 1. The Morgan fingerprint density at radius 1 is 1.47 bits per heavy atom. The highest BCUT2D eigenvalue weighted by Crippen LogP contribution is 2.23. The lowest BCUT2D eigenvalue weighted by molar-refractivity contribution is 0.0520. The maximum Gasteiger partial charge on any atom is 0.354 e. The fraction of sp³-hybridized carbons (Fsp3) is 0.364. The van der Waals surface area contributed by atoms with Gasteiger partial charge in [-0.15, -0.1) is 0 Å². The van der Waals surface area contributed by atoms with E-state index in [0.717, 1.165) is 0 Å². The SMILES string of the molecule is CCOC(=O)c1cc2c(OC)nc(C)nc2[nH]1. The third kappa shape index (κ3) is 2.06. The van der Waals surface area contributed by atoms with Crippen molar-refractivity contribution in [3.63, 3.8) is 0 Å². The Kier molecular flexibility index (Phi) is 2.95. The highest BCUT2D eigenvalue weighted by molar-refractivity contribution is 5.95. The molecule has 0 aliphatic heterocycles. The first-order chi connectivity index (χ1) is 8.15. The van der Waals surface area contributed by atoms with Crippen LogP contribution in [0.4, 0.5) is 0 Å². The maximum atomic E-state index is 11.6. The number of hydrogen-bond acceptors (Lipinski definition) is 5. The summed E-state index contributed by atoms with van der Waals surface area (Å²) in [5.41, 5.74) is 0.914. The quantitative estimate of drug-likeness (QED) is 0.815. The Labute approximate surface area is 98.0 Å². The zero-order chi connectivity index (χ0) is 12.4. The third-order valence-corrected chi connectivity index (χ3v) is 2.25. The molecule has 0 aromatic carbocycles. The van der Waals surface area contributed by atoms with Gasteiger partial charge in [0.1, 0.15) is 17.2 Å². The maximum absolute atomic E-state index is 11.6. The number of fused-ring (bicyclic) bond motifs is 1. The second-order valence-electron chi connectivity index (χ2n) is 3.45. The smallest absolute Gasteiger partial charge is 0.354 e. The molecule has 0 saturated heterocycles. The molecule has 0 bridgehead atoms. The molecule has 0 radical (unpaired) electrons. The molecule has 0 fully saturated rings. The van der Waals surface area contributed by atoms with Gasteiger partial charge in [-0.05, 0) is 19.9 Å². The normalized spacial score (nSPS) is 10.5. The number of aryl methyl sites for hydroxylation is 1. The van der Waals surface area contributed by atoms with Crippen LogP contribution in [-0.4, -0.2) is 34.6 Å². The van der Waals surface area contributed by atoms with Gasteiger partial charge in [0, 0.05) is 0 Å². The summed E-state index contributed by atoms with van der Waals surface area (Å²) in [6, 6.07) is 1.63. The molecule has 0 saturated carbocycles. The van der Waals surface area contributed by atoms with Gasteiger partial charge in [0.2, 0.25) is 5.88 Å². The first-order valence-electron chi connectivity index (χ1n) is 5.24. The molecule has 0 unspecified atom stereocenters. The minimum absolute atomic E-state index is 0.329. The van der Waals surface area contributed by atoms with Crippen LogP contribution in [0.1, 0.15) is 23.2 Å². The van der Waals surface area contributed by atoms with Crippen LogP contribution in [0, 0.1) is 6.92 Å². The van der Waals surface area contributed by atoms with Crippen molar-refractivity contribution in [1.29, 1.82) is 0 Å². The monoisotopic (exact) mass is 235 g/mol. The van der Waals surface area contributed by atoms with Gasteiger partial charge >= 0.3 is 5.97 Å². The number of methoxy groups -OCH3 is 1. The van der Waals surface area contributed by atoms with E-state index in [4.69, 9.17) is 9.47 Å². The second kappa shape index (κ2) is 4.40. The molecule has 6 nitrogen and oxygen atoms in total. The van der Waals surface area contributed by atoms with Crippen molar-refractivity contribution in [2.45, 2.75) is 13.8 Å². The van der Waals surface area contributed by atoms with Crippen molar-refractivity contribution < 1.29 is 14.3 Å². The fourth-order valence-corrected chi connectivity index (χ4v) is 1.56. The summed E-state index contributed by atoms with van der Waals surface area (Å²) >= 11 is 0. The van der Waals surface area contributed by atoms with Crippen LogP contribution in [-0.2, 0) is 4.74 Å². The molecule has 0 aliphatic carbocycles. The number of carbonyl (C=O) groups is 1.